The third-order valence-corrected chi connectivity index (χ3v) is 4.60. The van der Waals surface area contributed by atoms with Gasteiger partial charge in [0, 0.05) is 0 Å². The molecular weight excluding hydrogens is 268 g/mol. The van der Waals surface area contributed by atoms with Crippen LogP contribution >= 0.6 is 0 Å². The second-order valence-corrected chi connectivity index (χ2v) is 6.32. The van der Waals surface area contributed by atoms with Crippen molar-refractivity contribution in [3.8, 4) is 0 Å². The Hall–Kier alpha value is -1.34. The summed E-state index contributed by atoms with van der Waals surface area (Å²) < 4.78 is 5.62. The Labute approximate surface area is 136 Å². The van der Waals surface area contributed by atoms with Crippen molar-refractivity contribution >= 4 is 0 Å². The van der Waals surface area contributed by atoms with Crippen LogP contribution in [0.25, 0.3) is 0 Å². The quantitative estimate of drug-likeness (QED) is 0.421. The number of ether oxygens (including phenoxy) is 1. The van der Waals surface area contributed by atoms with Crippen molar-refractivity contribution in [2.45, 2.75) is 58.0 Å². The molecule has 0 spiro atoms. The summed E-state index contributed by atoms with van der Waals surface area (Å²) in [6.45, 7) is 7.39. The molecule has 120 valence electrons. The van der Waals surface area contributed by atoms with Gasteiger partial charge in [0.1, 0.15) is 0 Å². The predicted molar refractivity (Wildman–Crippen MR) is 95.0 cm³/mol. The number of allylic oxidation sites excluding steroid dienone is 2. The van der Waals surface area contributed by atoms with Crippen molar-refractivity contribution < 1.29 is 4.74 Å². The van der Waals surface area contributed by atoms with Gasteiger partial charge in [-0.2, -0.15) is 0 Å². The van der Waals surface area contributed by atoms with Gasteiger partial charge in [-0.15, -0.1) is 6.58 Å². The van der Waals surface area contributed by atoms with E-state index in [0.717, 1.165) is 31.3 Å². The van der Waals surface area contributed by atoms with Gasteiger partial charge in [0.05, 0.1) is 13.2 Å². The fourth-order valence-corrected chi connectivity index (χ4v) is 3.22. The van der Waals surface area contributed by atoms with Crippen molar-refractivity contribution in [2.75, 3.05) is 6.61 Å². The van der Waals surface area contributed by atoms with Crippen molar-refractivity contribution in [2.24, 2.45) is 5.92 Å². The van der Waals surface area contributed by atoms with Crippen LogP contribution in [-0.2, 0) is 11.3 Å². The number of benzene rings is 1. The summed E-state index contributed by atoms with van der Waals surface area (Å²) in [5.74, 6) is 1.57. The molecule has 0 aliphatic heterocycles. The summed E-state index contributed by atoms with van der Waals surface area (Å²) in [6, 6.07) is 9.07. The lowest BCUT2D eigenvalue weighted by Gasteiger charge is -2.27. The SMILES string of the molecule is C=CCCOCc1ccc([C@H]2CC[C@H](C=CCC)CC2)cc1. The summed E-state index contributed by atoms with van der Waals surface area (Å²) in [7, 11) is 0. The van der Waals surface area contributed by atoms with Crippen LogP contribution in [0, 0.1) is 5.92 Å². The molecule has 1 aromatic carbocycles. The summed E-state index contributed by atoms with van der Waals surface area (Å²) >= 11 is 0. The maximum Gasteiger partial charge on any atom is 0.0717 e. The van der Waals surface area contributed by atoms with Gasteiger partial charge in [0.2, 0.25) is 0 Å². The van der Waals surface area contributed by atoms with Gasteiger partial charge in [0.15, 0.2) is 0 Å². The summed E-state index contributed by atoms with van der Waals surface area (Å²) in [5.41, 5.74) is 2.78. The van der Waals surface area contributed by atoms with E-state index in [-0.39, 0.29) is 0 Å². The highest BCUT2D eigenvalue weighted by Crippen LogP contribution is 2.36. The summed E-state index contributed by atoms with van der Waals surface area (Å²) in [6.07, 6.45) is 14.1. The van der Waals surface area contributed by atoms with Crippen molar-refractivity contribution in [1.29, 1.82) is 0 Å². The molecule has 1 aliphatic carbocycles. The lowest BCUT2D eigenvalue weighted by Crippen LogP contribution is -2.11. The molecule has 1 saturated carbocycles. The average Bonchev–Trinajstić information content (AvgIpc) is 2.58. The van der Waals surface area contributed by atoms with E-state index < -0.39 is 0 Å². The molecule has 1 aliphatic rings. The van der Waals surface area contributed by atoms with Crippen LogP contribution in [-0.4, -0.2) is 6.61 Å². The Morgan fingerprint density at radius 3 is 2.50 bits per heavy atom. The Kier molecular flexibility index (Phi) is 7.45. The van der Waals surface area contributed by atoms with Crippen LogP contribution in [0.3, 0.4) is 0 Å². The van der Waals surface area contributed by atoms with E-state index in [1.807, 2.05) is 6.08 Å². The molecule has 0 heterocycles. The normalized spacial score (nSPS) is 22.0. The molecule has 0 bridgehead atoms. The van der Waals surface area contributed by atoms with Gasteiger partial charge < -0.3 is 4.74 Å². The van der Waals surface area contributed by atoms with Crippen molar-refractivity contribution in [3.05, 3.63) is 60.2 Å². The molecule has 0 aromatic heterocycles. The Morgan fingerprint density at radius 2 is 1.86 bits per heavy atom. The van der Waals surface area contributed by atoms with Crippen molar-refractivity contribution in [1.82, 2.24) is 0 Å². The highest BCUT2D eigenvalue weighted by Gasteiger charge is 2.20. The lowest BCUT2D eigenvalue weighted by atomic mass is 9.78. The first-order chi connectivity index (χ1) is 10.8. The third kappa shape index (κ3) is 5.46. The fraction of sp³-hybridized carbons (Fsp3) is 0.524. The van der Waals surface area contributed by atoms with Gasteiger partial charge in [-0.25, -0.2) is 0 Å². The smallest absolute Gasteiger partial charge is 0.0717 e. The summed E-state index contributed by atoms with van der Waals surface area (Å²) in [4.78, 5) is 0. The molecule has 1 fully saturated rings. The monoisotopic (exact) mass is 298 g/mol. The number of rotatable bonds is 8. The molecule has 0 unspecified atom stereocenters. The van der Waals surface area contributed by atoms with Gasteiger partial charge in [0.25, 0.3) is 0 Å². The lowest BCUT2D eigenvalue weighted by molar-refractivity contribution is 0.125. The minimum Gasteiger partial charge on any atom is -0.376 e. The molecule has 0 saturated heterocycles. The first kappa shape index (κ1) is 17.0. The Bertz CT molecular complexity index is 449. The molecule has 22 heavy (non-hydrogen) atoms. The van der Waals surface area contributed by atoms with E-state index in [1.54, 1.807) is 0 Å². The second-order valence-electron chi connectivity index (χ2n) is 6.32. The topological polar surface area (TPSA) is 9.23 Å². The zero-order chi connectivity index (χ0) is 15.6. The van der Waals surface area contributed by atoms with E-state index in [1.165, 1.54) is 36.8 Å². The van der Waals surface area contributed by atoms with Crippen LogP contribution in [0.15, 0.2) is 49.1 Å². The van der Waals surface area contributed by atoms with E-state index >= 15 is 0 Å². The van der Waals surface area contributed by atoms with E-state index in [4.69, 9.17) is 4.74 Å². The van der Waals surface area contributed by atoms with Gasteiger partial charge in [-0.3, -0.25) is 0 Å². The minimum absolute atomic E-state index is 0.711. The summed E-state index contributed by atoms with van der Waals surface area (Å²) in [5, 5.41) is 0. The minimum atomic E-state index is 0.711. The molecule has 0 atom stereocenters. The Morgan fingerprint density at radius 1 is 1.14 bits per heavy atom. The first-order valence-corrected chi connectivity index (χ1v) is 8.77. The van der Waals surface area contributed by atoms with E-state index in [9.17, 15) is 0 Å². The molecule has 2 rings (SSSR count). The molecule has 1 aromatic rings. The average molecular weight is 298 g/mol. The molecule has 1 heteroatoms. The maximum absolute atomic E-state index is 5.62. The van der Waals surface area contributed by atoms with Gasteiger partial charge in [-0.05, 0) is 61.5 Å². The zero-order valence-corrected chi connectivity index (χ0v) is 14.0. The first-order valence-electron chi connectivity index (χ1n) is 8.77. The highest BCUT2D eigenvalue weighted by molar-refractivity contribution is 5.25. The maximum atomic E-state index is 5.62. The third-order valence-electron chi connectivity index (χ3n) is 4.60. The standard InChI is InChI=1S/C21H30O/c1-3-5-7-18-8-12-20(13-9-18)21-14-10-19(11-15-21)17-22-16-6-4-2/h4-5,7,10-11,14-15,18,20H,2-3,6,8-9,12-13,16-17H2,1H3/t18-,20-. The Balaban J connectivity index is 1.79. The molecule has 0 amide bonds. The van der Waals surface area contributed by atoms with E-state index in [0.29, 0.717) is 6.61 Å². The molecule has 0 N–H and O–H groups in total. The molecule has 0 radical (unpaired) electrons. The molecular formula is C21H30O. The predicted octanol–water partition coefficient (Wildman–Crippen LogP) is 6.02. The number of hydrogen-bond donors (Lipinski definition) is 0. The van der Waals surface area contributed by atoms with Crippen LogP contribution in [0.5, 0.6) is 0 Å². The molecule has 1 nitrogen and oxygen atoms in total. The largest absolute Gasteiger partial charge is 0.376 e. The van der Waals surface area contributed by atoms with Crippen LogP contribution in [0.1, 0.15) is 62.5 Å². The second kappa shape index (κ2) is 9.63. The van der Waals surface area contributed by atoms with Gasteiger partial charge in [-0.1, -0.05) is 49.4 Å². The fourth-order valence-electron chi connectivity index (χ4n) is 3.22. The zero-order valence-electron chi connectivity index (χ0n) is 14.0. The van der Waals surface area contributed by atoms with Gasteiger partial charge >= 0.3 is 0 Å². The van der Waals surface area contributed by atoms with Crippen LogP contribution in [0.2, 0.25) is 0 Å². The number of hydrogen-bond acceptors (Lipinski definition) is 1. The van der Waals surface area contributed by atoms with Crippen LogP contribution < -0.4 is 0 Å². The highest BCUT2D eigenvalue weighted by atomic mass is 16.5. The van der Waals surface area contributed by atoms with Crippen molar-refractivity contribution in [3.63, 3.8) is 0 Å². The van der Waals surface area contributed by atoms with Crippen LogP contribution in [0.4, 0.5) is 0 Å². The van der Waals surface area contributed by atoms with E-state index in [2.05, 4.69) is 49.9 Å².